The molecule has 0 radical (unpaired) electrons. The van der Waals surface area contributed by atoms with Gasteiger partial charge in [-0.3, -0.25) is 0 Å². The maximum absolute atomic E-state index is 9.00. The van der Waals surface area contributed by atoms with Gasteiger partial charge in [-0.25, -0.2) is 0 Å². The van der Waals surface area contributed by atoms with Crippen LogP contribution in [0.4, 0.5) is 0 Å². The fourth-order valence-electron chi connectivity index (χ4n) is 3.09. The molecule has 0 fully saturated rings. The van der Waals surface area contributed by atoms with E-state index in [9.17, 15) is 0 Å². The third-order valence-electron chi connectivity index (χ3n) is 4.23. The van der Waals surface area contributed by atoms with Crippen molar-refractivity contribution in [3.63, 3.8) is 0 Å². The largest absolute Gasteiger partial charge is 0.308 e. The Kier molecular flexibility index (Phi) is 1.15. The first-order valence-electron chi connectivity index (χ1n) is 12.4. The lowest BCUT2D eigenvalue weighted by Crippen LogP contribution is -2.10. The van der Waals surface area contributed by atoms with Gasteiger partial charge in [0.2, 0.25) is 0 Å². The first kappa shape index (κ1) is 6.52. The van der Waals surface area contributed by atoms with Crippen LogP contribution in [0.3, 0.4) is 0 Å². The Morgan fingerprint density at radius 3 is 2.13 bits per heavy atom. The molecule has 3 aromatic carbocycles. The molecule has 0 amide bonds. The van der Waals surface area contributed by atoms with Crippen LogP contribution in [-0.4, -0.2) is 4.40 Å². The normalized spacial score (nSPS) is 19.1. The molecular weight excluding hydrogens is 278 g/mol. The number of hydrogen-bond donors (Lipinski definition) is 0. The molecule has 5 rings (SSSR count). The molecule has 0 N–H and O–H groups in total. The Hall–Kier alpha value is -2.54. The van der Waals surface area contributed by atoms with E-state index < -0.39 is 23.5 Å². The van der Waals surface area contributed by atoms with Crippen molar-refractivity contribution in [3.8, 4) is 0 Å². The van der Waals surface area contributed by atoms with Gasteiger partial charge in [-0.15, -0.1) is 0 Å². The summed E-state index contributed by atoms with van der Waals surface area (Å²) in [5, 5.41) is 0.374. The molecule has 0 aliphatic carbocycles. The van der Waals surface area contributed by atoms with Crippen LogP contribution < -0.4 is 0 Å². The molecule has 0 aliphatic heterocycles. The van der Waals surface area contributed by atoms with Gasteiger partial charge in [0.1, 0.15) is 0 Å². The topological polar surface area (TPSA) is 4.41 Å². The molecule has 0 bridgehead atoms. The second kappa shape index (κ2) is 4.05. The Labute approximate surface area is 149 Å². The standard InChI is InChI=1S/C22H19N/c1-22(2,3)14-11-12-16-18-9-6-8-17-15-7-4-5-10-19(15)23(21(17)18)20(16)13-14/h4-13H,1-3H3/i4D,5D,6D,7D,8D,9D,10D,11D,12D,13D. The zero-order valence-electron chi connectivity index (χ0n) is 22.9. The number of benzene rings is 3. The van der Waals surface area contributed by atoms with Gasteiger partial charge in [0, 0.05) is 21.5 Å². The van der Waals surface area contributed by atoms with Crippen molar-refractivity contribution in [1.82, 2.24) is 4.40 Å². The van der Waals surface area contributed by atoms with Crippen molar-refractivity contribution in [2.45, 2.75) is 26.2 Å². The van der Waals surface area contributed by atoms with Crippen LogP contribution >= 0.6 is 0 Å². The van der Waals surface area contributed by atoms with Crippen molar-refractivity contribution in [2.24, 2.45) is 0 Å². The molecule has 0 saturated heterocycles. The van der Waals surface area contributed by atoms with E-state index in [1.807, 2.05) is 20.8 Å². The van der Waals surface area contributed by atoms with Crippen molar-refractivity contribution in [3.05, 3.63) is 66.0 Å². The molecule has 112 valence electrons. The van der Waals surface area contributed by atoms with Crippen LogP contribution in [-0.2, 0) is 5.41 Å². The summed E-state index contributed by atoms with van der Waals surface area (Å²) in [5.74, 6) is 0. The molecule has 23 heavy (non-hydrogen) atoms. The Bertz CT molecular complexity index is 1690. The molecule has 0 atom stereocenters. The van der Waals surface area contributed by atoms with Crippen LogP contribution in [0.1, 0.15) is 40.0 Å². The van der Waals surface area contributed by atoms with E-state index in [4.69, 9.17) is 13.7 Å². The van der Waals surface area contributed by atoms with Crippen LogP contribution in [0.5, 0.6) is 0 Å². The summed E-state index contributed by atoms with van der Waals surface area (Å²) in [5.41, 5.74) is 0.0450. The summed E-state index contributed by atoms with van der Waals surface area (Å²) in [4.78, 5) is 0. The van der Waals surface area contributed by atoms with Crippen LogP contribution in [0.15, 0.2) is 60.4 Å². The van der Waals surface area contributed by atoms with E-state index in [0.717, 1.165) is 0 Å². The summed E-state index contributed by atoms with van der Waals surface area (Å²) in [7, 11) is 0. The van der Waals surface area contributed by atoms with E-state index in [1.54, 1.807) is 0 Å². The molecule has 0 saturated carbocycles. The van der Waals surface area contributed by atoms with E-state index in [-0.39, 0.29) is 80.4 Å². The molecule has 1 nitrogen and oxygen atoms in total. The van der Waals surface area contributed by atoms with Gasteiger partial charge < -0.3 is 4.40 Å². The Balaban J connectivity index is 2.33. The first-order chi connectivity index (χ1) is 15.2. The molecular formula is C22H19N. The number of rotatable bonds is 0. The molecule has 0 unspecified atom stereocenters. The summed E-state index contributed by atoms with van der Waals surface area (Å²) in [6.45, 7) is 5.46. The van der Waals surface area contributed by atoms with E-state index >= 15 is 0 Å². The number of nitrogens with zero attached hydrogens (tertiary/aromatic N) is 1. The first-order valence-corrected chi connectivity index (χ1v) is 7.42. The van der Waals surface area contributed by atoms with Crippen molar-refractivity contribution in [2.75, 3.05) is 0 Å². The van der Waals surface area contributed by atoms with Gasteiger partial charge in [-0.1, -0.05) is 69.1 Å². The fraction of sp³-hybridized carbons (Fsp3) is 0.182. The van der Waals surface area contributed by atoms with Gasteiger partial charge in [-0.2, -0.15) is 0 Å². The lowest BCUT2D eigenvalue weighted by molar-refractivity contribution is 0.591. The minimum absolute atomic E-state index is 0.0417. The average Bonchev–Trinajstić information content (AvgIpc) is 3.25. The minimum Gasteiger partial charge on any atom is -0.308 e. The summed E-state index contributed by atoms with van der Waals surface area (Å²) < 4.78 is 86.6. The van der Waals surface area contributed by atoms with Crippen molar-refractivity contribution >= 4 is 38.1 Å². The second-order valence-corrected chi connectivity index (χ2v) is 6.76. The van der Waals surface area contributed by atoms with Crippen LogP contribution in [0.2, 0.25) is 0 Å². The molecule has 2 heterocycles. The van der Waals surface area contributed by atoms with Gasteiger partial charge in [-0.05, 0) is 23.1 Å². The SMILES string of the molecule is [2H]c1c([2H])c([2H])c2c(c1[2H])c1c([2H])c([2H])c([2H])c3c4c([2H])c([2H])c(C(C)(C)C)c([2H])c4n2c13. The highest BCUT2D eigenvalue weighted by Crippen LogP contribution is 2.39. The Morgan fingerprint density at radius 2 is 1.39 bits per heavy atom. The third-order valence-corrected chi connectivity index (χ3v) is 4.23. The van der Waals surface area contributed by atoms with Crippen LogP contribution in [0, 0.1) is 0 Å². The predicted molar refractivity (Wildman–Crippen MR) is 99.8 cm³/mol. The van der Waals surface area contributed by atoms with E-state index in [2.05, 4.69) is 0 Å². The van der Waals surface area contributed by atoms with Gasteiger partial charge >= 0.3 is 0 Å². The third kappa shape index (κ3) is 1.57. The summed E-state index contributed by atoms with van der Waals surface area (Å²) in [6.07, 6.45) is 0. The molecule has 2 aromatic heterocycles. The average molecular weight is 307 g/mol. The number of fused-ring (bicyclic) bond motifs is 6. The lowest BCUT2D eigenvalue weighted by atomic mass is 9.86. The van der Waals surface area contributed by atoms with E-state index in [0.29, 0.717) is 5.56 Å². The van der Waals surface area contributed by atoms with Crippen molar-refractivity contribution < 1.29 is 13.7 Å². The molecule has 1 heteroatoms. The quantitative estimate of drug-likeness (QED) is 0.324. The highest BCUT2D eigenvalue weighted by atomic mass is 14.9. The maximum atomic E-state index is 9.00. The van der Waals surface area contributed by atoms with Gasteiger partial charge in [0.25, 0.3) is 0 Å². The molecule has 0 aliphatic rings. The minimum atomic E-state index is -0.667. The maximum Gasteiger partial charge on any atom is 0.0648 e. The smallest absolute Gasteiger partial charge is 0.0648 e. The van der Waals surface area contributed by atoms with Gasteiger partial charge in [0.05, 0.1) is 30.3 Å². The monoisotopic (exact) mass is 307 g/mol. The second-order valence-electron chi connectivity index (χ2n) is 6.76. The lowest BCUT2D eigenvalue weighted by Gasteiger charge is -2.19. The number of para-hydroxylation sites is 2. The molecule has 5 aromatic rings. The van der Waals surface area contributed by atoms with Crippen LogP contribution in [0.25, 0.3) is 38.1 Å². The van der Waals surface area contributed by atoms with Crippen molar-refractivity contribution in [1.29, 1.82) is 0 Å². The zero-order valence-corrected chi connectivity index (χ0v) is 12.9. The highest BCUT2D eigenvalue weighted by molar-refractivity contribution is 6.23. The van der Waals surface area contributed by atoms with Gasteiger partial charge in [0.15, 0.2) is 0 Å². The number of aromatic nitrogens is 1. The predicted octanol–water partition coefficient (Wildman–Crippen LogP) is 6.13. The highest BCUT2D eigenvalue weighted by Gasteiger charge is 2.19. The Morgan fingerprint density at radius 1 is 0.739 bits per heavy atom. The zero-order chi connectivity index (χ0) is 24.5. The fourth-order valence-corrected chi connectivity index (χ4v) is 3.09. The molecule has 0 spiro atoms. The summed E-state index contributed by atoms with van der Waals surface area (Å²) >= 11 is 0. The number of hydrogen-bond acceptors (Lipinski definition) is 0. The summed E-state index contributed by atoms with van der Waals surface area (Å²) in [6, 6.07) is -3.23. The van der Waals surface area contributed by atoms with E-state index in [1.165, 1.54) is 4.40 Å².